The van der Waals surface area contributed by atoms with Crippen LogP contribution in [-0.4, -0.2) is 78.2 Å². The second kappa shape index (κ2) is 12.8. The largest absolute Gasteiger partial charge is 0.495 e. The third-order valence-electron chi connectivity index (χ3n) is 6.29. The molecule has 214 valence electrons. The van der Waals surface area contributed by atoms with E-state index in [-0.39, 0.29) is 18.1 Å². The van der Waals surface area contributed by atoms with Crippen LogP contribution in [0.4, 0.5) is 18.9 Å². The topological polar surface area (TPSA) is 118 Å². The first-order valence-electron chi connectivity index (χ1n) is 12.1. The van der Waals surface area contributed by atoms with Crippen molar-refractivity contribution in [3.63, 3.8) is 0 Å². The molecule has 13 heteroatoms. The number of nitrogens with zero attached hydrogens (tertiary/aromatic N) is 1. The number of piperidine rings is 1. The molecule has 0 radical (unpaired) electrons. The van der Waals surface area contributed by atoms with Gasteiger partial charge >= 0.3 is 12.1 Å². The van der Waals surface area contributed by atoms with E-state index in [4.69, 9.17) is 35.7 Å². The van der Waals surface area contributed by atoms with Gasteiger partial charge in [0.05, 0.1) is 17.8 Å². The molecule has 0 saturated carbocycles. The Bertz CT molecular complexity index is 1140. The second-order valence-corrected chi connectivity index (χ2v) is 9.71. The second-order valence-electron chi connectivity index (χ2n) is 9.30. The number of halogens is 4. The molecule has 2 aromatic carbocycles. The maximum Gasteiger partial charge on any atom is 0.490 e. The Balaban J connectivity index is 0.000000532. The molecular formula is C26H30ClF3N2O7. The van der Waals surface area contributed by atoms with E-state index in [1.54, 1.807) is 12.1 Å². The Labute approximate surface area is 228 Å². The van der Waals surface area contributed by atoms with Crippen LogP contribution in [0.3, 0.4) is 0 Å². The summed E-state index contributed by atoms with van der Waals surface area (Å²) in [6.45, 7) is 3.71. The molecule has 9 nitrogen and oxygen atoms in total. The van der Waals surface area contributed by atoms with Gasteiger partial charge in [0.15, 0.2) is 0 Å². The van der Waals surface area contributed by atoms with Gasteiger partial charge in [0.2, 0.25) is 5.91 Å². The highest BCUT2D eigenvalue weighted by Crippen LogP contribution is 2.41. The minimum atomic E-state index is -5.08. The van der Waals surface area contributed by atoms with Crippen LogP contribution in [0.15, 0.2) is 36.4 Å². The van der Waals surface area contributed by atoms with Crippen molar-refractivity contribution in [2.24, 2.45) is 0 Å². The lowest BCUT2D eigenvalue weighted by atomic mass is 9.87. The number of hydrogen-bond acceptors (Lipinski definition) is 7. The number of aliphatic carboxylic acids is 1. The number of fused-ring (bicyclic) bond motifs is 1. The van der Waals surface area contributed by atoms with E-state index in [9.17, 15) is 23.1 Å². The monoisotopic (exact) mass is 574 g/mol. The van der Waals surface area contributed by atoms with E-state index < -0.39 is 18.2 Å². The van der Waals surface area contributed by atoms with E-state index in [1.165, 1.54) is 19.6 Å². The first-order valence-corrected chi connectivity index (χ1v) is 12.4. The van der Waals surface area contributed by atoms with Gasteiger partial charge < -0.3 is 34.6 Å². The van der Waals surface area contributed by atoms with Crippen molar-refractivity contribution in [1.29, 1.82) is 0 Å². The number of hydrogen-bond donors (Lipinski definition) is 3. The predicted octanol–water partition coefficient (Wildman–Crippen LogP) is 4.15. The standard InChI is InChI=1S/C24H29ClN2O5.C2HF3O2/c1-16(28)26-20-11-19(25)22(30-2)12-23(20)31-15-18(29)14-27-9-7-24(8-10-27)13-17-5-3-4-6-21(17)32-24;3-2(4,5)1(6)7/h3-6,11-12,18,29H,7-10,13-15H2,1-2H3,(H,26,28);(H,6,7)/t18-;/m0./s1. The predicted molar refractivity (Wildman–Crippen MR) is 137 cm³/mol. The molecule has 2 heterocycles. The van der Waals surface area contributed by atoms with Gasteiger partial charge in [-0.15, -0.1) is 0 Å². The third-order valence-corrected chi connectivity index (χ3v) is 6.58. The van der Waals surface area contributed by atoms with Gasteiger partial charge in [-0.3, -0.25) is 4.79 Å². The molecule has 1 amide bonds. The molecule has 39 heavy (non-hydrogen) atoms. The fraction of sp³-hybridized carbons (Fsp3) is 0.462. The van der Waals surface area contributed by atoms with Gasteiger partial charge in [0, 0.05) is 51.9 Å². The minimum absolute atomic E-state index is 0.0843. The van der Waals surface area contributed by atoms with Gasteiger partial charge in [-0.05, 0) is 17.7 Å². The van der Waals surface area contributed by atoms with E-state index in [0.29, 0.717) is 28.8 Å². The zero-order valence-electron chi connectivity index (χ0n) is 21.4. The molecule has 2 aromatic rings. The zero-order chi connectivity index (χ0) is 28.8. The number of rotatable bonds is 7. The summed E-state index contributed by atoms with van der Waals surface area (Å²) in [6, 6.07) is 11.4. The van der Waals surface area contributed by atoms with Crippen LogP contribution in [0, 0.1) is 0 Å². The Morgan fingerprint density at radius 1 is 1.21 bits per heavy atom. The SMILES string of the molecule is COc1cc(OC[C@@H](O)CN2CCC3(CC2)Cc2ccccc2O3)c(NC(C)=O)cc1Cl.O=C(O)C(F)(F)F. The number of alkyl halides is 3. The fourth-order valence-corrected chi connectivity index (χ4v) is 4.66. The van der Waals surface area contributed by atoms with Crippen molar-refractivity contribution in [2.75, 3.05) is 38.7 Å². The van der Waals surface area contributed by atoms with Crippen LogP contribution in [-0.2, 0) is 16.0 Å². The van der Waals surface area contributed by atoms with Crippen molar-refractivity contribution in [3.8, 4) is 17.2 Å². The molecule has 0 bridgehead atoms. The Morgan fingerprint density at radius 3 is 2.41 bits per heavy atom. The van der Waals surface area contributed by atoms with E-state index in [1.807, 2.05) is 12.1 Å². The fourth-order valence-electron chi connectivity index (χ4n) is 4.42. The summed E-state index contributed by atoms with van der Waals surface area (Å²) in [5, 5.41) is 20.8. The van der Waals surface area contributed by atoms with Crippen molar-refractivity contribution >= 4 is 29.2 Å². The first-order chi connectivity index (χ1) is 18.3. The molecule has 2 aliphatic rings. The summed E-state index contributed by atoms with van der Waals surface area (Å²) < 4.78 is 49.1. The number of aliphatic hydroxyl groups excluding tert-OH is 1. The number of ether oxygens (including phenoxy) is 3. The number of β-amino-alcohol motifs (C(OH)–C–C–N with tert-alkyl or cyclic N) is 1. The number of likely N-dealkylation sites (tertiary alicyclic amines) is 1. The number of aliphatic hydroxyl groups is 1. The molecule has 2 aliphatic heterocycles. The number of nitrogens with one attached hydrogen (secondary N) is 1. The molecule has 1 fully saturated rings. The van der Waals surface area contributed by atoms with Crippen molar-refractivity contribution in [2.45, 2.75) is 44.1 Å². The van der Waals surface area contributed by atoms with Gasteiger partial charge in [-0.2, -0.15) is 13.2 Å². The summed E-state index contributed by atoms with van der Waals surface area (Å²) in [6.07, 6.45) is -2.96. The summed E-state index contributed by atoms with van der Waals surface area (Å²) in [5.41, 5.74) is 1.60. The molecule has 1 atom stereocenters. The van der Waals surface area contributed by atoms with Crippen LogP contribution < -0.4 is 19.5 Å². The summed E-state index contributed by atoms with van der Waals surface area (Å²) in [7, 11) is 1.51. The molecule has 3 N–H and O–H groups in total. The maximum atomic E-state index is 11.5. The number of carboxylic acids is 1. The molecule has 1 saturated heterocycles. The molecular weight excluding hydrogens is 545 g/mol. The number of methoxy groups -OCH3 is 1. The van der Waals surface area contributed by atoms with Crippen molar-refractivity contribution in [1.82, 2.24) is 4.90 Å². The molecule has 1 spiro atoms. The number of benzene rings is 2. The number of anilines is 1. The van der Waals surface area contributed by atoms with Gasteiger partial charge in [-0.1, -0.05) is 29.8 Å². The zero-order valence-corrected chi connectivity index (χ0v) is 22.1. The van der Waals surface area contributed by atoms with Gasteiger partial charge in [0.25, 0.3) is 0 Å². The molecule has 4 rings (SSSR count). The van der Waals surface area contributed by atoms with Crippen LogP contribution in [0.5, 0.6) is 17.2 Å². The average Bonchev–Trinajstić information content (AvgIpc) is 3.22. The summed E-state index contributed by atoms with van der Waals surface area (Å²) in [4.78, 5) is 22.6. The Morgan fingerprint density at radius 2 is 1.85 bits per heavy atom. The lowest BCUT2D eigenvalue weighted by Gasteiger charge is -2.39. The number of carboxylic acid groups (broad SMARTS) is 1. The highest BCUT2D eigenvalue weighted by atomic mass is 35.5. The smallest absolute Gasteiger partial charge is 0.490 e. The van der Waals surface area contributed by atoms with Crippen LogP contribution >= 0.6 is 11.6 Å². The van der Waals surface area contributed by atoms with Crippen LogP contribution in [0.1, 0.15) is 25.3 Å². The Hall–Kier alpha value is -3.22. The van der Waals surface area contributed by atoms with Crippen molar-refractivity contribution < 1.29 is 47.2 Å². The third kappa shape index (κ3) is 8.38. The number of carbonyl (C=O) groups is 2. The quantitative estimate of drug-likeness (QED) is 0.451. The van der Waals surface area contributed by atoms with E-state index >= 15 is 0 Å². The van der Waals surface area contributed by atoms with Crippen LogP contribution in [0.25, 0.3) is 0 Å². The van der Waals surface area contributed by atoms with Crippen LogP contribution in [0.2, 0.25) is 5.02 Å². The highest BCUT2D eigenvalue weighted by molar-refractivity contribution is 6.32. The number of carbonyl (C=O) groups excluding carboxylic acids is 1. The van der Waals surface area contributed by atoms with E-state index in [2.05, 4.69) is 22.3 Å². The lowest BCUT2D eigenvalue weighted by Crippen LogP contribution is -2.49. The average molecular weight is 575 g/mol. The first kappa shape index (κ1) is 30.3. The van der Waals surface area contributed by atoms with E-state index in [0.717, 1.165) is 38.1 Å². The minimum Gasteiger partial charge on any atom is -0.495 e. The summed E-state index contributed by atoms with van der Waals surface area (Å²) >= 11 is 6.16. The lowest BCUT2D eigenvalue weighted by molar-refractivity contribution is -0.192. The van der Waals surface area contributed by atoms with Gasteiger partial charge in [0.1, 0.15) is 35.6 Å². The summed E-state index contributed by atoms with van der Waals surface area (Å²) in [5.74, 6) is -1.16. The Kier molecular flexibility index (Phi) is 9.92. The normalized spacial score (nSPS) is 16.8. The van der Waals surface area contributed by atoms with Gasteiger partial charge in [-0.25, -0.2) is 4.79 Å². The number of para-hydroxylation sites is 1. The molecule has 0 aliphatic carbocycles. The molecule has 0 unspecified atom stereocenters. The number of amides is 1. The maximum absolute atomic E-state index is 11.5. The highest BCUT2D eigenvalue weighted by Gasteiger charge is 2.42. The van der Waals surface area contributed by atoms with Crippen molar-refractivity contribution in [3.05, 3.63) is 47.0 Å². The molecule has 0 aromatic heterocycles.